The van der Waals surface area contributed by atoms with Gasteiger partial charge >= 0.3 is 6.09 Å². The predicted molar refractivity (Wildman–Crippen MR) is 86.3 cm³/mol. The number of benzene rings is 2. The normalized spacial score (nSPS) is 10.0. The summed E-state index contributed by atoms with van der Waals surface area (Å²) in [6.07, 6.45) is -0.649. The molecule has 0 heterocycles. The van der Waals surface area contributed by atoms with E-state index in [9.17, 15) is 14.1 Å². The second kappa shape index (κ2) is 7.88. The molecule has 0 atom stereocenters. The summed E-state index contributed by atoms with van der Waals surface area (Å²) in [5.41, 5.74) is 1.90. The average molecular weight is 317 g/mol. The fraction of sp³-hybridized carbons (Fsp3) is 0.188. The summed E-state index contributed by atoms with van der Waals surface area (Å²) in [5, 5.41) is 8.44. The first-order chi connectivity index (χ1) is 11.1. The number of anilines is 2. The minimum atomic E-state index is -0.649. The molecule has 1 amide bonds. The van der Waals surface area contributed by atoms with Crippen LogP contribution in [-0.4, -0.2) is 12.7 Å². The Bertz CT molecular complexity index is 689. The lowest BCUT2D eigenvalue weighted by atomic mass is 10.2. The van der Waals surface area contributed by atoms with Gasteiger partial charge < -0.3 is 10.1 Å². The maximum atomic E-state index is 12.8. The van der Waals surface area contributed by atoms with Crippen LogP contribution in [0.25, 0.3) is 0 Å². The zero-order valence-corrected chi connectivity index (χ0v) is 12.5. The van der Waals surface area contributed by atoms with E-state index in [-0.39, 0.29) is 23.8 Å². The Hall–Kier alpha value is -2.96. The Morgan fingerprint density at radius 3 is 2.61 bits per heavy atom. The SMILES string of the molecule is CCOC(=O)Nc1ccc(NCc2ccc(F)cc2)cc1N=O. The van der Waals surface area contributed by atoms with Crippen LogP contribution >= 0.6 is 0 Å². The van der Waals surface area contributed by atoms with Gasteiger partial charge in [-0.15, -0.1) is 4.91 Å². The second-order valence-corrected chi connectivity index (χ2v) is 4.65. The fourth-order valence-electron chi connectivity index (χ4n) is 1.91. The first-order valence-electron chi connectivity index (χ1n) is 7.02. The molecule has 0 aliphatic carbocycles. The summed E-state index contributed by atoms with van der Waals surface area (Å²) in [5.74, 6) is -0.296. The van der Waals surface area contributed by atoms with E-state index in [2.05, 4.69) is 15.8 Å². The van der Waals surface area contributed by atoms with Gasteiger partial charge in [-0.3, -0.25) is 5.32 Å². The standard InChI is InChI=1S/C16H16FN3O3/c1-2-23-16(21)19-14-8-7-13(9-15(14)20-22)18-10-11-3-5-12(17)6-4-11/h3-9,18H,2,10H2,1H3,(H,19,21). The zero-order chi connectivity index (χ0) is 16.7. The monoisotopic (exact) mass is 317 g/mol. The van der Waals surface area contributed by atoms with Gasteiger partial charge in [-0.05, 0) is 48.0 Å². The van der Waals surface area contributed by atoms with E-state index in [1.807, 2.05) is 0 Å². The van der Waals surface area contributed by atoms with E-state index < -0.39 is 6.09 Å². The summed E-state index contributed by atoms with van der Waals surface area (Å²) in [6, 6.07) is 10.8. The highest BCUT2D eigenvalue weighted by molar-refractivity contribution is 5.89. The number of hydrogen-bond donors (Lipinski definition) is 2. The van der Waals surface area contributed by atoms with Crippen molar-refractivity contribution in [3.8, 4) is 0 Å². The number of ether oxygens (including phenoxy) is 1. The third-order valence-electron chi connectivity index (χ3n) is 3.02. The average Bonchev–Trinajstić information content (AvgIpc) is 2.55. The maximum absolute atomic E-state index is 12.8. The minimum absolute atomic E-state index is 0.0853. The van der Waals surface area contributed by atoms with Gasteiger partial charge in [0.05, 0.1) is 12.3 Å². The van der Waals surface area contributed by atoms with Crippen molar-refractivity contribution in [1.82, 2.24) is 0 Å². The third kappa shape index (κ3) is 4.77. The Labute approximate surface area is 132 Å². The van der Waals surface area contributed by atoms with Gasteiger partial charge in [0.15, 0.2) is 0 Å². The van der Waals surface area contributed by atoms with Crippen LogP contribution in [0.4, 0.5) is 26.2 Å². The first kappa shape index (κ1) is 16.4. The molecular formula is C16H16FN3O3. The van der Waals surface area contributed by atoms with Gasteiger partial charge in [0.25, 0.3) is 0 Å². The molecule has 6 nitrogen and oxygen atoms in total. The van der Waals surface area contributed by atoms with Crippen molar-refractivity contribution in [2.45, 2.75) is 13.5 Å². The zero-order valence-electron chi connectivity index (χ0n) is 12.5. The number of nitrogens with zero attached hydrogens (tertiary/aromatic N) is 1. The lowest BCUT2D eigenvalue weighted by molar-refractivity contribution is 0.168. The lowest BCUT2D eigenvalue weighted by Crippen LogP contribution is -2.13. The minimum Gasteiger partial charge on any atom is -0.450 e. The second-order valence-electron chi connectivity index (χ2n) is 4.65. The molecule has 0 aliphatic heterocycles. The molecule has 2 aromatic rings. The van der Waals surface area contributed by atoms with Gasteiger partial charge in [-0.2, -0.15) is 0 Å². The number of halogens is 1. The summed E-state index contributed by atoms with van der Waals surface area (Å²) in [4.78, 5) is 22.3. The highest BCUT2D eigenvalue weighted by atomic mass is 19.1. The molecule has 0 aliphatic rings. The topological polar surface area (TPSA) is 79.8 Å². The molecule has 0 saturated carbocycles. The number of rotatable bonds is 6. The molecule has 0 unspecified atom stereocenters. The molecule has 0 radical (unpaired) electrons. The van der Waals surface area contributed by atoms with Crippen LogP contribution in [0, 0.1) is 10.7 Å². The predicted octanol–water partition coefficient (Wildman–Crippen LogP) is 4.40. The molecule has 2 rings (SSSR count). The largest absolute Gasteiger partial charge is 0.450 e. The molecule has 23 heavy (non-hydrogen) atoms. The van der Waals surface area contributed by atoms with Crippen molar-refractivity contribution in [3.05, 3.63) is 58.8 Å². The quantitative estimate of drug-likeness (QED) is 0.774. The van der Waals surface area contributed by atoms with Crippen molar-refractivity contribution in [2.75, 3.05) is 17.2 Å². The Balaban J connectivity index is 2.04. The van der Waals surface area contributed by atoms with E-state index in [4.69, 9.17) is 4.74 Å². The summed E-state index contributed by atoms with van der Waals surface area (Å²) in [6.45, 7) is 2.37. The smallest absolute Gasteiger partial charge is 0.411 e. The van der Waals surface area contributed by atoms with Crippen LogP contribution in [0.1, 0.15) is 12.5 Å². The number of nitrogens with one attached hydrogen (secondary N) is 2. The fourth-order valence-corrected chi connectivity index (χ4v) is 1.91. The highest BCUT2D eigenvalue weighted by Crippen LogP contribution is 2.28. The van der Waals surface area contributed by atoms with Crippen molar-refractivity contribution < 1.29 is 13.9 Å². The number of amides is 1. The molecule has 120 valence electrons. The molecular weight excluding hydrogens is 301 g/mol. The van der Waals surface area contributed by atoms with E-state index in [1.165, 1.54) is 18.2 Å². The molecule has 0 bridgehead atoms. The van der Waals surface area contributed by atoms with Crippen molar-refractivity contribution in [2.24, 2.45) is 5.18 Å². The molecule has 0 fully saturated rings. The first-order valence-corrected chi connectivity index (χ1v) is 7.02. The summed E-state index contributed by atoms with van der Waals surface area (Å²) < 4.78 is 17.6. The Kier molecular flexibility index (Phi) is 5.62. The number of hydrogen-bond acceptors (Lipinski definition) is 5. The third-order valence-corrected chi connectivity index (χ3v) is 3.02. The number of nitroso groups, excluding NO2 is 1. The van der Waals surface area contributed by atoms with Crippen molar-refractivity contribution in [1.29, 1.82) is 0 Å². The number of carbonyl (C=O) groups excluding carboxylic acids is 1. The van der Waals surface area contributed by atoms with Crippen molar-refractivity contribution in [3.63, 3.8) is 0 Å². The van der Waals surface area contributed by atoms with Crippen LogP contribution in [0.3, 0.4) is 0 Å². The van der Waals surface area contributed by atoms with Crippen molar-refractivity contribution >= 4 is 23.2 Å². The van der Waals surface area contributed by atoms with E-state index in [0.717, 1.165) is 5.56 Å². The number of carbonyl (C=O) groups is 1. The highest BCUT2D eigenvalue weighted by Gasteiger charge is 2.09. The van der Waals surface area contributed by atoms with Crippen LogP contribution in [0.5, 0.6) is 0 Å². The molecule has 0 saturated heterocycles. The maximum Gasteiger partial charge on any atom is 0.411 e. The lowest BCUT2D eigenvalue weighted by Gasteiger charge is -2.10. The molecule has 2 aromatic carbocycles. The van der Waals surface area contributed by atoms with Crippen LogP contribution in [0.2, 0.25) is 0 Å². The summed E-state index contributed by atoms with van der Waals surface area (Å²) in [7, 11) is 0. The van der Waals surface area contributed by atoms with Gasteiger partial charge in [-0.25, -0.2) is 9.18 Å². The Morgan fingerprint density at radius 1 is 1.22 bits per heavy atom. The van der Waals surface area contributed by atoms with E-state index >= 15 is 0 Å². The summed E-state index contributed by atoms with van der Waals surface area (Å²) >= 11 is 0. The van der Waals surface area contributed by atoms with E-state index in [0.29, 0.717) is 12.2 Å². The van der Waals surface area contributed by atoms with E-state index in [1.54, 1.807) is 31.2 Å². The van der Waals surface area contributed by atoms with Gasteiger partial charge in [-0.1, -0.05) is 12.1 Å². The van der Waals surface area contributed by atoms with Crippen LogP contribution in [-0.2, 0) is 11.3 Å². The van der Waals surface area contributed by atoms with Gasteiger partial charge in [0.2, 0.25) is 0 Å². The van der Waals surface area contributed by atoms with Gasteiger partial charge in [0, 0.05) is 12.2 Å². The molecule has 0 spiro atoms. The van der Waals surface area contributed by atoms with Gasteiger partial charge in [0.1, 0.15) is 11.5 Å². The van der Waals surface area contributed by atoms with Crippen LogP contribution in [0.15, 0.2) is 47.6 Å². The molecule has 7 heteroatoms. The molecule has 2 N–H and O–H groups in total. The molecule has 0 aromatic heterocycles. The Morgan fingerprint density at radius 2 is 1.96 bits per heavy atom. The van der Waals surface area contributed by atoms with Crippen LogP contribution < -0.4 is 10.6 Å².